The number of alkyl halides is 3. The SMILES string of the molecule is C[C@@]1(C(=O)NC[C@](C)(O)C(F)(F)F)CC=CCC1. The number of rotatable bonds is 3. The van der Waals surface area contributed by atoms with E-state index in [9.17, 15) is 23.1 Å². The predicted octanol–water partition coefficient (Wildman–Crippen LogP) is 2.16. The first-order valence-corrected chi connectivity index (χ1v) is 5.81. The van der Waals surface area contributed by atoms with Crippen LogP contribution in [0.5, 0.6) is 0 Å². The van der Waals surface area contributed by atoms with Gasteiger partial charge in [-0.05, 0) is 26.2 Å². The summed E-state index contributed by atoms with van der Waals surface area (Å²) >= 11 is 0. The summed E-state index contributed by atoms with van der Waals surface area (Å²) in [5, 5.41) is 11.4. The minimum atomic E-state index is -4.76. The highest BCUT2D eigenvalue weighted by molar-refractivity contribution is 5.82. The van der Waals surface area contributed by atoms with Crippen LogP contribution < -0.4 is 5.32 Å². The summed E-state index contributed by atoms with van der Waals surface area (Å²) in [6.07, 6.45) is 0.885. The number of nitrogens with one attached hydrogen (secondary N) is 1. The normalized spacial score (nSPS) is 27.7. The Balaban J connectivity index is 2.59. The van der Waals surface area contributed by atoms with Crippen LogP contribution in [-0.2, 0) is 4.79 Å². The van der Waals surface area contributed by atoms with Gasteiger partial charge in [0, 0.05) is 0 Å². The van der Waals surface area contributed by atoms with Crippen molar-refractivity contribution in [3.63, 3.8) is 0 Å². The molecule has 0 saturated carbocycles. The summed E-state index contributed by atoms with van der Waals surface area (Å²) in [4.78, 5) is 11.9. The summed E-state index contributed by atoms with van der Waals surface area (Å²) in [5.74, 6) is -0.448. The average Bonchev–Trinajstić information content (AvgIpc) is 2.25. The highest BCUT2D eigenvalue weighted by Gasteiger charge is 2.50. The van der Waals surface area contributed by atoms with Gasteiger partial charge in [0.2, 0.25) is 5.91 Å². The molecule has 1 aliphatic carbocycles. The van der Waals surface area contributed by atoms with Gasteiger partial charge in [0.1, 0.15) is 0 Å². The number of hydrogen-bond donors (Lipinski definition) is 2. The minimum absolute atomic E-state index is 0.448. The molecule has 0 spiro atoms. The first-order chi connectivity index (χ1) is 8.08. The molecule has 0 aliphatic heterocycles. The van der Waals surface area contributed by atoms with Gasteiger partial charge in [-0.2, -0.15) is 13.2 Å². The van der Waals surface area contributed by atoms with E-state index >= 15 is 0 Å². The van der Waals surface area contributed by atoms with Gasteiger partial charge < -0.3 is 10.4 Å². The van der Waals surface area contributed by atoms with Crippen LogP contribution in [0.25, 0.3) is 0 Å². The van der Waals surface area contributed by atoms with Crippen molar-refractivity contribution in [1.29, 1.82) is 0 Å². The van der Waals surface area contributed by atoms with E-state index in [1.54, 1.807) is 6.92 Å². The van der Waals surface area contributed by atoms with E-state index in [4.69, 9.17) is 0 Å². The Morgan fingerprint density at radius 2 is 2.06 bits per heavy atom. The van der Waals surface area contributed by atoms with E-state index in [-0.39, 0.29) is 0 Å². The number of carbonyl (C=O) groups excluding carboxylic acids is 1. The molecule has 104 valence electrons. The Labute approximate surface area is 104 Å². The number of amides is 1. The Morgan fingerprint density at radius 3 is 2.50 bits per heavy atom. The number of aliphatic hydroxyl groups is 1. The van der Waals surface area contributed by atoms with Crippen LogP contribution >= 0.6 is 0 Å². The molecule has 3 nitrogen and oxygen atoms in total. The van der Waals surface area contributed by atoms with Crippen LogP contribution in [0.3, 0.4) is 0 Å². The third kappa shape index (κ3) is 3.25. The van der Waals surface area contributed by atoms with E-state index in [0.717, 1.165) is 6.42 Å². The molecule has 0 aromatic heterocycles. The van der Waals surface area contributed by atoms with Crippen molar-refractivity contribution in [3.05, 3.63) is 12.2 Å². The molecule has 1 rings (SSSR count). The molecule has 6 heteroatoms. The fourth-order valence-electron chi connectivity index (χ4n) is 1.74. The second-order valence-electron chi connectivity index (χ2n) is 5.23. The first kappa shape index (κ1) is 15.0. The van der Waals surface area contributed by atoms with E-state index in [0.29, 0.717) is 19.8 Å². The van der Waals surface area contributed by atoms with Gasteiger partial charge in [-0.3, -0.25) is 4.79 Å². The van der Waals surface area contributed by atoms with Gasteiger partial charge in [0.05, 0.1) is 12.0 Å². The molecule has 18 heavy (non-hydrogen) atoms. The topological polar surface area (TPSA) is 49.3 Å². The molecule has 2 N–H and O–H groups in total. The lowest BCUT2D eigenvalue weighted by molar-refractivity contribution is -0.250. The third-order valence-electron chi connectivity index (χ3n) is 3.35. The standard InChI is InChI=1S/C12H18F3NO2/c1-10(6-4-3-5-7-10)9(17)16-8-11(2,18)12(13,14)15/h3-4,18H,5-8H2,1-2H3,(H,16,17)/t10-,11+/m1/s1. The molecular formula is C12H18F3NO2. The average molecular weight is 265 g/mol. The molecule has 0 radical (unpaired) electrons. The van der Waals surface area contributed by atoms with Gasteiger partial charge >= 0.3 is 6.18 Å². The molecule has 0 unspecified atom stereocenters. The minimum Gasteiger partial charge on any atom is -0.379 e. The Bertz CT molecular complexity index is 350. The Kier molecular flexibility index (Phi) is 4.10. The van der Waals surface area contributed by atoms with Crippen molar-refractivity contribution < 1.29 is 23.1 Å². The van der Waals surface area contributed by atoms with Crippen LogP contribution in [0.15, 0.2) is 12.2 Å². The maximum atomic E-state index is 12.4. The molecular weight excluding hydrogens is 247 g/mol. The molecule has 0 bridgehead atoms. The van der Waals surface area contributed by atoms with Crippen molar-refractivity contribution in [2.75, 3.05) is 6.54 Å². The fraction of sp³-hybridized carbons (Fsp3) is 0.750. The second-order valence-corrected chi connectivity index (χ2v) is 5.23. The van der Waals surface area contributed by atoms with E-state index in [1.165, 1.54) is 0 Å². The monoisotopic (exact) mass is 265 g/mol. The summed E-state index contributed by atoms with van der Waals surface area (Å²) in [6, 6.07) is 0. The third-order valence-corrected chi connectivity index (χ3v) is 3.35. The molecule has 0 heterocycles. The second kappa shape index (κ2) is 4.91. The maximum Gasteiger partial charge on any atom is 0.418 e. The number of halogens is 3. The summed E-state index contributed by atoms with van der Waals surface area (Å²) in [6.45, 7) is 1.54. The quantitative estimate of drug-likeness (QED) is 0.768. The highest BCUT2D eigenvalue weighted by Crippen LogP contribution is 2.33. The van der Waals surface area contributed by atoms with Crippen LogP contribution in [0.2, 0.25) is 0 Å². The lowest BCUT2D eigenvalue weighted by atomic mass is 9.78. The molecule has 0 aromatic carbocycles. The lowest BCUT2D eigenvalue weighted by Crippen LogP contribution is -2.53. The van der Waals surface area contributed by atoms with Crippen molar-refractivity contribution >= 4 is 5.91 Å². The Hall–Kier alpha value is -1.04. The molecule has 0 saturated heterocycles. The first-order valence-electron chi connectivity index (χ1n) is 5.81. The molecule has 0 fully saturated rings. The van der Waals surface area contributed by atoms with Crippen LogP contribution in [0.4, 0.5) is 13.2 Å². The van der Waals surface area contributed by atoms with Gasteiger partial charge in [0.25, 0.3) is 0 Å². The predicted molar refractivity (Wildman–Crippen MR) is 60.8 cm³/mol. The highest BCUT2D eigenvalue weighted by atomic mass is 19.4. The zero-order valence-electron chi connectivity index (χ0n) is 10.5. The Morgan fingerprint density at radius 1 is 1.44 bits per heavy atom. The zero-order chi connectivity index (χ0) is 14.0. The molecule has 0 aromatic rings. The van der Waals surface area contributed by atoms with Crippen molar-refractivity contribution in [2.45, 2.75) is 44.9 Å². The zero-order valence-corrected chi connectivity index (χ0v) is 10.5. The van der Waals surface area contributed by atoms with Crippen molar-refractivity contribution in [2.24, 2.45) is 5.41 Å². The largest absolute Gasteiger partial charge is 0.418 e. The van der Waals surface area contributed by atoms with E-state index < -0.39 is 29.6 Å². The number of carbonyl (C=O) groups is 1. The van der Waals surface area contributed by atoms with Crippen LogP contribution in [0.1, 0.15) is 33.1 Å². The van der Waals surface area contributed by atoms with E-state index in [2.05, 4.69) is 5.32 Å². The maximum absolute atomic E-state index is 12.4. The van der Waals surface area contributed by atoms with Crippen molar-refractivity contribution in [1.82, 2.24) is 5.32 Å². The number of hydrogen-bond acceptors (Lipinski definition) is 2. The molecule has 1 amide bonds. The summed E-state index contributed by atoms with van der Waals surface area (Å²) < 4.78 is 37.2. The number of allylic oxidation sites excluding steroid dienone is 2. The lowest BCUT2D eigenvalue weighted by Gasteiger charge is -2.32. The van der Waals surface area contributed by atoms with Crippen LogP contribution in [-0.4, -0.2) is 29.3 Å². The van der Waals surface area contributed by atoms with Gasteiger partial charge in [0.15, 0.2) is 5.60 Å². The van der Waals surface area contributed by atoms with Gasteiger partial charge in [-0.15, -0.1) is 0 Å². The fourth-order valence-corrected chi connectivity index (χ4v) is 1.74. The summed E-state index contributed by atoms with van der Waals surface area (Å²) in [7, 11) is 0. The van der Waals surface area contributed by atoms with Crippen molar-refractivity contribution in [3.8, 4) is 0 Å². The summed E-state index contributed by atoms with van der Waals surface area (Å²) in [5.41, 5.74) is -3.58. The molecule has 1 aliphatic rings. The van der Waals surface area contributed by atoms with Crippen LogP contribution in [0, 0.1) is 5.41 Å². The smallest absolute Gasteiger partial charge is 0.379 e. The van der Waals surface area contributed by atoms with Gasteiger partial charge in [-0.1, -0.05) is 19.1 Å². The van der Waals surface area contributed by atoms with Gasteiger partial charge in [-0.25, -0.2) is 0 Å². The van der Waals surface area contributed by atoms with E-state index in [1.807, 2.05) is 12.2 Å². The molecule has 2 atom stereocenters.